The first kappa shape index (κ1) is 48.7. The lowest BCUT2D eigenvalue weighted by atomic mass is 10.0. The molecule has 0 aliphatic rings. The van der Waals surface area contributed by atoms with E-state index < -0.39 is 47.3 Å². The van der Waals surface area contributed by atoms with Crippen molar-refractivity contribution in [2.24, 2.45) is 20.5 Å². The second-order valence-corrected chi connectivity index (χ2v) is 15.4. The number of halogens is 4. The summed E-state index contributed by atoms with van der Waals surface area (Å²) in [6, 6.07) is 23.0. The number of nitrogens with zero attached hydrogens (tertiary/aromatic N) is 4. The van der Waals surface area contributed by atoms with Crippen molar-refractivity contribution in [3.63, 3.8) is 0 Å². The summed E-state index contributed by atoms with van der Waals surface area (Å²) in [6.07, 6.45) is 0.772. The minimum absolute atomic E-state index is 0.0414. The monoisotopic (exact) mass is 942 g/mol. The maximum Gasteiger partial charge on any atom is 0.258 e. The molecule has 14 nitrogen and oxygen atoms in total. The average Bonchev–Trinajstić information content (AvgIpc) is 3.28. The lowest BCUT2D eigenvalue weighted by molar-refractivity contribution is -0.127. The first-order valence-electron chi connectivity index (χ1n) is 19.8. The molecule has 0 aliphatic carbocycles. The van der Waals surface area contributed by atoms with E-state index in [1.165, 1.54) is 44.2 Å². The summed E-state index contributed by atoms with van der Waals surface area (Å²) in [5, 5.41) is 27.2. The molecule has 4 amide bonds. The standard InChI is InChI=1S/C46H42Cl4N8O6/c1-5-29-21-33(53-45(63)40(25(3)59)57-55-36-11-7-9-34(38(36)49)43(61)51-31-17-13-27(23-47)14-18-31)22-30(6-2)42(29)54-46(64)41(26(4)60)58-56-37-12-8-10-35(39(37)50)44(62)52-32-19-15-28(24-48)16-20-32/h7-22,40-41H,5-6,23-24H2,1-4H3,(H,51,61)(H,52,62)(H,53,63)(H,54,64). The van der Waals surface area contributed by atoms with Crippen LogP contribution in [0.15, 0.2) is 118 Å². The molecule has 0 heterocycles. The Balaban J connectivity index is 1.30. The molecule has 0 bridgehead atoms. The highest BCUT2D eigenvalue weighted by Crippen LogP contribution is 2.33. The Kier molecular flexibility index (Phi) is 17.4. The smallest absolute Gasteiger partial charge is 0.258 e. The number of aryl methyl sites for hydroxylation is 2. The van der Waals surface area contributed by atoms with Gasteiger partial charge >= 0.3 is 0 Å². The van der Waals surface area contributed by atoms with Crippen LogP contribution in [-0.2, 0) is 43.8 Å². The van der Waals surface area contributed by atoms with Crippen molar-refractivity contribution in [2.75, 3.05) is 21.3 Å². The third-order valence-electron chi connectivity index (χ3n) is 9.59. The molecule has 5 aromatic rings. The molecule has 0 fully saturated rings. The van der Waals surface area contributed by atoms with Crippen molar-refractivity contribution in [1.82, 2.24) is 0 Å². The highest BCUT2D eigenvalue weighted by Gasteiger charge is 2.27. The third-order valence-corrected chi connectivity index (χ3v) is 11.0. The summed E-state index contributed by atoms with van der Waals surface area (Å²) in [7, 11) is 0. The Morgan fingerprint density at radius 2 is 0.922 bits per heavy atom. The minimum Gasteiger partial charge on any atom is -0.324 e. The predicted molar refractivity (Wildman–Crippen MR) is 251 cm³/mol. The lowest BCUT2D eigenvalue weighted by Gasteiger charge is -2.19. The van der Waals surface area contributed by atoms with E-state index in [2.05, 4.69) is 41.7 Å². The number of nitrogens with one attached hydrogen (secondary N) is 4. The van der Waals surface area contributed by atoms with Crippen molar-refractivity contribution in [2.45, 2.75) is 64.4 Å². The molecule has 18 heteroatoms. The second kappa shape index (κ2) is 22.9. The van der Waals surface area contributed by atoms with E-state index in [1.807, 2.05) is 13.8 Å². The molecule has 5 rings (SSSR count). The van der Waals surface area contributed by atoms with Gasteiger partial charge in [-0.1, -0.05) is 73.4 Å². The summed E-state index contributed by atoms with van der Waals surface area (Å²) in [4.78, 5) is 78.8. The molecular formula is C46H42Cl4N8O6. The van der Waals surface area contributed by atoms with Gasteiger partial charge in [0, 0.05) is 34.5 Å². The van der Waals surface area contributed by atoms with E-state index in [1.54, 1.807) is 66.7 Å². The molecule has 0 spiro atoms. The normalized spacial score (nSPS) is 12.1. The Bertz CT molecular complexity index is 2610. The van der Waals surface area contributed by atoms with Gasteiger partial charge < -0.3 is 21.3 Å². The van der Waals surface area contributed by atoms with E-state index in [9.17, 15) is 28.8 Å². The Labute approximate surface area is 389 Å². The van der Waals surface area contributed by atoms with E-state index in [-0.39, 0.29) is 32.5 Å². The van der Waals surface area contributed by atoms with Crippen LogP contribution in [0.25, 0.3) is 0 Å². The zero-order valence-electron chi connectivity index (χ0n) is 35.0. The maximum atomic E-state index is 13.7. The van der Waals surface area contributed by atoms with Crippen LogP contribution in [-0.4, -0.2) is 47.3 Å². The van der Waals surface area contributed by atoms with Gasteiger partial charge in [-0.2, -0.15) is 20.5 Å². The number of Topliss-reactive ketones (excluding diaryl/α,β-unsaturated/α-hetero) is 2. The number of carbonyl (C=O) groups is 6. The largest absolute Gasteiger partial charge is 0.324 e. The van der Waals surface area contributed by atoms with Gasteiger partial charge in [-0.05, 0) is 110 Å². The van der Waals surface area contributed by atoms with Gasteiger partial charge in [-0.25, -0.2) is 0 Å². The van der Waals surface area contributed by atoms with Gasteiger partial charge in [0.1, 0.15) is 11.4 Å². The number of alkyl halides is 2. The highest BCUT2D eigenvalue weighted by molar-refractivity contribution is 6.37. The van der Waals surface area contributed by atoms with Crippen LogP contribution in [0.5, 0.6) is 0 Å². The van der Waals surface area contributed by atoms with Crippen LogP contribution >= 0.6 is 46.4 Å². The number of ketones is 2. The summed E-state index contributed by atoms with van der Waals surface area (Å²) < 4.78 is 0. The molecular weight excluding hydrogens is 902 g/mol. The number of amides is 4. The van der Waals surface area contributed by atoms with Crippen LogP contribution in [0.3, 0.4) is 0 Å². The summed E-state index contributed by atoms with van der Waals surface area (Å²) in [6.45, 7) is 6.05. The van der Waals surface area contributed by atoms with E-state index in [0.717, 1.165) is 11.1 Å². The highest BCUT2D eigenvalue weighted by atomic mass is 35.5. The topological polar surface area (TPSA) is 200 Å². The van der Waals surface area contributed by atoms with Gasteiger partial charge in [-0.15, -0.1) is 23.2 Å². The van der Waals surface area contributed by atoms with Crippen molar-refractivity contribution in [3.8, 4) is 0 Å². The summed E-state index contributed by atoms with van der Waals surface area (Å²) >= 11 is 24.8. The summed E-state index contributed by atoms with van der Waals surface area (Å²) in [5.41, 5.74) is 5.00. The SMILES string of the molecule is CCc1cc(NC(=O)C(N=Nc2cccc(C(=O)Nc3ccc(CCl)cc3)c2Cl)C(C)=O)cc(CC)c1NC(=O)C(N=Nc1cccc(C(=O)Nc2ccc(CCl)cc2)c1Cl)C(C)=O. The molecule has 4 N–H and O–H groups in total. The molecule has 5 aromatic carbocycles. The zero-order valence-corrected chi connectivity index (χ0v) is 38.0. The number of rotatable bonds is 18. The van der Waals surface area contributed by atoms with Gasteiger partial charge in [0.25, 0.3) is 23.6 Å². The van der Waals surface area contributed by atoms with Gasteiger partial charge in [0.15, 0.2) is 11.6 Å². The van der Waals surface area contributed by atoms with Gasteiger partial charge in [-0.3, -0.25) is 28.8 Å². The molecule has 330 valence electrons. The van der Waals surface area contributed by atoms with Gasteiger partial charge in [0.2, 0.25) is 12.1 Å². The fraction of sp³-hybridized carbons (Fsp3) is 0.217. The fourth-order valence-electron chi connectivity index (χ4n) is 6.13. The van der Waals surface area contributed by atoms with Crippen LogP contribution in [0.1, 0.15) is 70.7 Å². The van der Waals surface area contributed by atoms with Crippen molar-refractivity contribution in [3.05, 3.63) is 140 Å². The first-order chi connectivity index (χ1) is 30.7. The Morgan fingerprint density at radius 1 is 0.531 bits per heavy atom. The van der Waals surface area contributed by atoms with Gasteiger partial charge in [0.05, 0.1) is 21.2 Å². The van der Waals surface area contributed by atoms with Crippen molar-refractivity contribution >= 4 is 116 Å². The van der Waals surface area contributed by atoms with E-state index >= 15 is 0 Å². The van der Waals surface area contributed by atoms with Crippen LogP contribution in [0.4, 0.5) is 34.1 Å². The molecule has 0 aromatic heterocycles. The van der Waals surface area contributed by atoms with E-state index in [0.29, 0.717) is 58.5 Å². The quantitative estimate of drug-likeness (QED) is 0.0382. The predicted octanol–water partition coefficient (Wildman–Crippen LogP) is 11.5. The first-order valence-corrected chi connectivity index (χ1v) is 21.6. The van der Waals surface area contributed by atoms with Crippen LogP contribution < -0.4 is 21.3 Å². The number of benzene rings is 5. The molecule has 0 aliphatic heterocycles. The number of anilines is 4. The number of carbonyl (C=O) groups excluding carboxylic acids is 6. The molecule has 0 radical (unpaired) electrons. The molecule has 2 unspecified atom stereocenters. The number of hydrogen-bond acceptors (Lipinski definition) is 10. The number of hydrogen-bond donors (Lipinski definition) is 4. The van der Waals surface area contributed by atoms with Crippen molar-refractivity contribution in [1.29, 1.82) is 0 Å². The van der Waals surface area contributed by atoms with Crippen molar-refractivity contribution < 1.29 is 28.8 Å². The second-order valence-electron chi connectivity index (χ2n) is 14.2. The van der Waals surface area contributed by atoms with Crippen LogP contribution in [0.2, 0.25) is 10.0 Å². The zero-order chi connectivity index (χ0) is 46.5. The molecule has 0 saturated carbocycles. The molecule has 2 atom stereocenters. The van der Waals surface area contributed by atoms with E-state index in [4.69, 9.17) is 46.4 Å². The average molecular weight is 945 g/mol. The lowest BCUT2D eigenvalue weighted by Crippen LogP contribution is -2.33. The number of azo groups is 2. The molecule has 0 saturated heterocycles. The third kappa shape index (κ3) is 12.4. The minimum atomic E-state index is -1.58. The summed E-state index contributed by atoms with van der Waals surface area (Å²) in [5.74, 6) is -3.17. The Morgan fingerprint density at radius 3 is 1.28 bits per heavy atom. The maximum absolute atomic E-state index is 13.7. The fourth-order valence-corrected chi connectivity index (χ4v) is 6.99. The molecule has 64 heavy (non-hydrogen) atoms. The Hall–Kier alpha value is -6.32. The van der Waals surface area contributed by atoms with Crippen LogP contribution in [0, 0.1) is 0 Å².